The summed E-state index contributed by atoms with van der Waals surface area (Å²) in [6, 6.07) is 9.86. The van der Waals surface area contributed by atoms with Gasteiger partial charge >= 0.3 is 0 Å². The molecule has 19 heavy (non-hydrogen) atoms. The topological polar surface area (TPSA) is 20.2 Å². The fourth-order valence-electron chi connectivity index (χ4n) is 1.98. The standard InChI is InChI=1S/C15H13BrClFO/c1-9-6-12(18)4-2-10(9)7-15(19)13-5-3-11(17)8-14(13)16/h2-6,8,15,19H,7H2,1H3. The second-order valence-electron chi connectivity index (χ2n) is 4.46. The minimum atomic E-state index is -0.657. The SMILES string of the molecule is Cc1cc(F)ccc1CC(O)c1ccc(Cl)cc1Br. The Labute approximate surface area is 125 Å². The maximum atomic E-state index is 13.0. The summed E-state index contributed by atoms with van der Waals surface area (Å²) in [4.78, 5) is 0. The van der Waals surface area contributed by atoms with Gasteiger partial charge in [0.1, 0.15) is 5.82 Å². The number of aryl methyl sites for hydroxylation is 1. The van der Waals surface area contributed by atoms with Crippen LogP contribution < -0.4 is 0 Å². The van der Waals surface area contributed by atoms with Crippen molar-refractivity contribution in [2.45, 2.75) is 19.4 Å². The van der Waals surface area contributed by atoms with E-state index in [9.17, 15) is 9.50 Å². The van der Waals surface area contributed by atoms with Crippen molar-refractivity contribution < 1.29 is 9.50 Å². The van der Waals surface area contributed by atoms with Gasteiger partial charge in [0.05, 0.1) is 6.10 Å². The van der Waals surface area contributed by atoms with Gasteiger partial charge in [-0.25, -0.2) is 4.39 Å². The Morgan fingerprint density at radius 1 is 1.26 bits per heavy atom. The lowest BCUT2D eigenvalue weighted by molar-refractivity contribution is 0.177. The number of benzene rings is 2. The van der Waals surface area contributed by atoms with Crippen LogP contribution in [0, 0.1) is 12.7 Å². The van der Waals surface area contributed by atoms with Crippen LogP contribution in [-0.2, 0) is 6.42 Å². The van der Waals surface area contributed by atoms with Gasteiger partial charge in [-0.05, 0) is 47.9 Å². The van der Waals surface area contributed by atoms with E-state index in [0.717, 1.165) is 21.2 Å². The van der Waals surface area contributed by atoms with Gasteiger partial charge in [0, 0.05) is 15.9 Å². The molecule has 0 aromatic heterocycles. The van der Waals surface area contributed by atoms with E-state index in [-0.39, 0.29) is 5.82 Å². The lowest BCUT2D eigenvalue weighted by atomic mass is 9.98. The zero-order valence-corrected chi connectivity index (χ0v) is 12.7. The largest absolute Gasteiger partial charge is 0.388 e. The lowest BCUT2D eigenvalue weighted by Gasteiger charge is -2.14. The molecule has 0 saturated heterocycles. The van der Waals surface area contributed by atoms with E-state index in [2.05, 4.69) is 15.9 Å². The third-order valence-electron chi connectivity index (χ3n) is 3.04. The van der Waals surface area contributed by atoms with Gasteiger partial charge in [0.25, 0.3) is 0 Å². The summed E-state index contributed by atoms with van der Waals surface area (Å²) in [5.41, 5.74) is 2.54. The zero-order chi connectivity index (χ0) is 14.0. The van der Waals surface area contributed by atoms with Crippen LogP contribution in [0.1, 0.15) is 22.8 Å². The van der Waals surface area contributed by atoms with E-state index < -0.39 is 6.10 Å². The normalized spacial score (nSPS) is 12.5. The number of aliphatic hydroxyl groups excluding tert-OH is 1. The Bertz CT molecular complexity index is 601. The van der Waals surface area contributed by atoms with Gasteiger partial charge in [-0.3, -0.25) is 0 Å². The molecule has 0 radical (unpaired) electrons. The Hall–Kier alpha value is -0.900. The molecule has 0 amide bonds. The number of hydrogen-bond donors (Lipinski definition) is 1. The van der Waals surface area contributed by atoms with Crippen molar-refractivity contribution in [2.75, 3.05) is 0 Å². The Kier molecular flexibility index (Phi) is 4.61. The first kappa shape index (κ1) is 14.5. The average Bonchev–Trinajstić information content (AvgIpc) is 2.32. The zero-order valence-electron chi connectivity index (χ0n) is 10.3. The van der Waals surface area contributed by atoms with Crippen molar-refractivity contribution in [1.82, 2.24) is 0 Å². The van der Waals surface area contributed by atoms with Crippen LogP contribution in [0.4, 0.5) is 4.39 Å². The minimum absolute atomic E-state index is 0.261. The monoisotopic (exact) mass is 342 g/mol. The maximum absolute atomic E-state index is 13.0. The van der Waals surface area contributed by atoms with Crippen LogP contribution in [0.2, 0.25) is 5.02 Å². The summed E-state index contributed by atoms with van der Waals surface area (Å²) in [6.45, 7) is 1.84. The molecule has 0 aliphatic carbocycles. The van der Waals surface area contributed by atoms with Gasteiger partial charge in [0.2, 0.25) is 0 Å². The third-order valence-corrected chi connectivity index (χ3v) is 3.96. The molecule has 1 unspecified atom stereocenters. The lowest BCUT2D eigenvalue weighted by Crippen LogP contribution is -2.04. The molecule has 1 nitrogen and oxygen atoms in total. The van der Waals surface area contributed by atoms with Gasteiger partial charge in [-0.15, -0.1) is 0 Å². The molecule has 4 heteroatoms. The number of hydrogen-bond acceptors (Lipinski definition) is 1. The van der Waals surface area contributed by atoms with Crippen LogP contribution >= 0.6 is 27.5 Å². The maximum Gasteiger partial charge on any atom is 0.123 e. The van der Waals surface area contributed by atoms with Crippen molar-refractivity contribution in [1.29, 1.82) is 0 Å². The highest BCUT2D eigenvalue weighted by atomic mass is 79.9. The molecule has 0 bridgehead atoms. The molecule has 1 N–H and O–H groups in total. The first-order valence-corrected chi connectivity index (χ1v) is 7.02. The molecule has 1 atom stereocenters. The quantitative estimate of drug-likeness (QED) is 0.846. The predicted octanol–water partition coefficient (Wildman–Crippen LogP) is 4.83. The molecule has 2 rings (SSSR count). The highest BCUT2D eigenvalue weighted by Crippen LogP contribution is 2.29. The Balaban J connectivity index is 2.23. The van der Waals surface area contributed by atoms with Crippen LogP contribution in [0.3, 0.4) is 0 Å². The molecule has 0 spiro atoms. The summed E-state index contributed by atoms with van der Waals surface area (Å²) in [5.74, 6) is -0.261. The summed E-state index contributed by atoms with van der Waals surface area (Å²) < 4.78 is 13.8. The summed E-state index contributed by atoms with van der Waals surface area (Å²) in [5, 5.41) is 10.9. The molecular formula is C15H13BrClFO. The van der Waals surface area contributed by atoms with E-state index in [1.165, 1.54) is 12.1 Å². The Morgan fingerprint density at radius 2 is 2.00 bits per heavy atom. The van der Waals surface area contributed by atoms with Crippen molar-refractivity contribution in [3.8, 4) is 0 Å². The van der Waals surface area contributed by atoms with Crippen molar-refractivity contribution in [2.24, 2.45) is 0 Å². The average molecular weight is 344 g/mol. The molecular weight excluding hydrogens is 331 g/mol. The van der Waals surface area contributed by atoms with Crippen LogP contribution in [-0.4, -0.2) is 5.11 Å². The van der Waals surface area contributed by atoms with Crippen molar-refractivity contribution in [3.63, 3.8) is 0 Å². The molecule has 0 fully saturated rings. The third kappa shape index (κ3) is 3.56. The van der Waals surface area contributed by atoms with E-state index in [1.54, 1.807) is 24.3 Å². The summed E-state index contributed by atoms with van der Waals surface area (Å²) in [6.07, 6.45) is -0.220. The molecule has 2 aromatic carbocycles. The first-order valence-electron chi connectivity index (χ1n) is 5.85. The molecule has 0 aliphatic heterocycles. The van der Waals surface area contributed by atoms with Gasteiger partial charge < -0.3 is 5.11 Å². The van der Waals surface area contributed by atoms with Crippen molar-refractivity contribution in [3.05, 3.63) is 68.4 Å². The number of rotatable bonds is 3. The second kappa shape index (κ2) is 6.04. The highest BCUT2D eigenvalue weighted by Gasteiger charge is 2.13. The highest BCUT2D eigenvalue weighted by molar-refractivity contribution is 9.10. The van der Waals surface area contributed by atoms with Crippen LogP contribution in [0.5, 0.6) is 0 Å². The van der Waals surface area contributed by atoms with E-state index in [0.29, 0.717) is 11.4 Å². The summed E-state index contributed by atoms with van der Waals surface area (Å²) in [7, 11) is 0. The fraction of sp³-hybridized carbons (Fsp3) is 0.200. The van der Waals surface area contributed by atoms with Gasteiger partial charge in [-0.2, -0.15) is 0 Å². The van der Waals surface area contributed by atoms with E-state index >= 15 is 0 Å². The number of aliphatic hydroxyl groups is 1. The predicted molar refractivity (Wildman–Crippen MR) is 79.0 cm³/mol. The summed E-state index contributed by atoms with van der Waals surface area (Å²) >= 11 is 9.26. The van der Waals surface area contributed by atoms with Crippen molar-refractivity contribution >= 4 is 27.5 Å². The molecule has 2 aromatic rings. The van der Waals surface area contributed by atoms with E-state index in [4.69, 9.17) is 11.6 Å². The second-order valence-corrected chi connectivity index (χ2v) is 5.75. The molecule has 100 valence electrons. The van der Waals surface area contributed by atoms with Gasteiger partial charge in [-0.1, -0.05) is 39.7 Å². The molecule has 0 aliphatic rings. The smallest absolute Gasteiger partial charge is 0.123 e. The van der Waals surface area contributed by atoms with Crippen LogP contribution in [0.25, 0.3) is 0 Å². The first-order chi connectivity index (χ1) is 8.97. The van der Waals surface area contributed by atoms with Gasteiger partial charge in [0.15, 0.2) is 0 Å². The minimum Gasteiger partial charge on any atom is -0.388 e. The molecule has 0 saturated carbocycles. The number of halogens is 3. The van der Waals surface area contributed by atoms with E-state index in [1.807, 2.05) is 6.92 Å². The molecule has 0 heterocycles. The van der Waals surface area contributed by atoms with Crippen LogP contribution in [0.15, 0.2) is 40.9 Å². The fourth-order valence-corrected chi connectivity index (χ4v) is 2.93. The Morgan fingerprint density at radius 3 is 2.63 bits per heavy atom.